The van der Waals surface area contributed by atoms with Gasteiger partial charge in [-0.05, 0) is 11.8 Å². The fourth-order valence-electron chi connectivity index (χ4n) is 1.73. The molecule has 0 spiro atoms. The molecular weight excluding hydrogens is 324 g/mol. The summed E-state index contributed by atoms with van der Waals surface area (Å²) in [5.74, 6) is 0.699. The average Bonchev–Trinajstić information content (AvgIpc) is 2.31. The molecular formula is C10H18NO6P2S+. The van der Waals surface area contributed by atoms with E-state index in [4.69, 9.17) is 19.6 Å². The number of rotatable bonds is 7. The van der Waals surface area contributed by atoms with Gasteiger partial charge in [0, 0.05) is 24.5 Å². The minimum atomic E-state index is -4.88. The van der Waals surface area contributed by atoms with Gasteiger partial charge in [-0.1, -0.05) is 0 Å². The third-order valence-electron chi connectivity index (χ3n) is 2.69. The van der Waals surface area contributed by atoms with Crippen LogP contribution >= 0.6 is 27.8 Å². The molecule has 4 N–H and O–H groups in total. The molecule has 1 heterocycles. The van der Waals surface area contributed by atoms with E-state index >= 15 is 0 Å². The molecule has 114 valence electrons. The minimum absolute atomic E-state index is 0.379. The van der Waals surface area contributed by atoms with E-state index in [-0.39, 0.29) is 6.42 Å². The Balaban J connectivity index is 2.95. The van der Waals surface area contributed by atoms with Crippen molar-refractivity contribution >= 4 is 27.8 Å². The quantitative estimate of drug-likeness (QED) is 0.280. The summed E-state index contributed by atoms with van der Waals surface area (Å²) in [7, 11) is -9.77. The number of aryl methyl sites for hydroxylation is 1. The number of hydrogen-bond donors (Lipinski definition) is 5. The van der Waals surface area contributed by atoms with Crippen molar-refractivity contribution in [1.29, 1.82) is 0 Å². The van der Waals surface area contributed by atoms with Crippen molar-refractivity contribution in [2.75, 3.05) is 5.75 Å². The van der Waals surface area contributed by atoms with Crippen LogP contribution in [-0.4, -0.2) is 30.7 Å². The fourth-order valence-corrected chi connectivity index (χ4v) is 4.34. The van der Waals surface area contributed by atoms with E-state index in [1.165, 1.54) is 0 Å². The lowest BCUT2D eigenvalue weighted by Crippen LogP contribution is -2.33. The molecule has 1 aromatic rings. The summed E-state index contributed by atoms with van der Waals surface area (Å²) >= 11 is 4.09. The zero-order chi connectivity index (χ0) is 15.4. The van der Waals surface area contributed by atoms with Crippen LogP contribution in [0, 0.1) is 0 Å². The average molecular weight is 342 g/mol. The van der Waals surface area contributed by atoms with Crippen molar-refractivity contribution in [3.05, 3.63) is 30.1 Å². The summed E-state index contributed by atoms with van der Waals surface area (Å²) in [5, 5.41) is -2.00. The normalized spacial score (nSPS) is 12.9. The molecule has 20 heavy (non-hydrogen) atoms. The maximum atomic E-state index is 11.2. The van der Waals surface area contributed by atoms with Crippen LogP contribution in [0.3, 0.4) is 0 Å². The Morgan fingerprint density at radius 2 is 1.80 bits per heavy atom. The van der Waals surface area contributed by atoms with Gasteiger partial charge < -0.3 is 19.6 Å². The highest BCUT2D eigenvalue weighted by atomic mass is 32.1. The lowest BCUT2D eigenvalue weighted by Gasteiger charge is -2.18. The highest BCUT2D eigenvalue weighted by Gasteiger charge is 2.43. The molecule has 1 rings (SSSR count). The maximum absolute atomic E-state index is 11.2. The van der Waals surface area contributed by atoms with Gasteiger partial charge in [0.1, 0.15) is 6.54 Å². The van der Waals surface area contributed by atoms with Gasteiger partial charge in [0.2, 0.25) is 0 Å². The number of aromatic nitrogens is 1. The van der Waals surface area contributed by atoms with E-state index in [2.05, 4.69) is 12.6 Å². The monoisotopic (exact) mass is 342 g/mol. The Morgan fingerprint density at radius 3 is 2.30 bits per heavy atom. The lowest BCUT2D eigenvalue weighted by atomic mass is 10.2. The minimum Gasteiger partial charge on any atom is -0.324 e. The van der Waals surface area contributed by atoms with Gasteiger partial charge in [0.25, 0.3) is 0 Å². The van der Waals surface area contributed by atoms with Crippen LogP contribution in [0.5, 0.6) is 0 Å². The molecule has 0 radical (unpaired) electrons. The molecule has 0 aliphatic carbocycles. The largest absolute Gasteiger partial charge is 0.341 e. The van der Waals surface area contributed by atoms with Crippen LogP contribution in [0.2, 0.25) is 0 Å². The van der Waals surface area contributed by atoms with Gasteiger partial charge in [0.15, 0.2) is 17.8 Å². The van der Waals surface area contributed by atoms with Crippen LogP contribution < -0.4 is 4.57 Å². The van der Waals surface area contributed by atoms with E-state index in [9.17, 15) is 9.13 Å². The van der Waals surface area contributed by atoms with Crippen LogP contribution in [0.4, 0.5) is 0 Å². The second-order valence-electron chi connectivity index (χ2n) is 4.39. The van der Waals surface area contributed by atoms with E-state index < -0.39 is 20.6 Å². The molecule has 0 aliphatic heterocycles. The maximum Gasteiger partial charge on any atom is 0.341 e. The molecule has 0 saturated carbocycles. The Morgan fingerprint density at radius 1 is 1.20 bits per heavy atom. The second-order valence-corrected chi connectivity index (χ2v) is 8.85. The fraction of sp³-hybridized carbons (Fsp3) is 0.500. The van der Waals surface area contributed by atoms with Gasteiger partial charge in [0.05, 0.1) is 0 Å². The Labute approximate surface area is 122 Å². The van der Waals surface area contributed by atoms with Crippen LogP contribution in [0.1, 0.15) is 12.0 Å². The van der Waals surface area contributed by atoms with Crippen molar-refractivity contribution < 1.29 is 33.3 Å². The predicted molar refractivity (Wildman–Crippen MR) is 76.7 cm³/mol. The smallest absolute Gasteiger partial charge is 0.324 e. The van der Waals surface area contributed by atoms with Crippen molar-refractivity contribution in [1.82, 2.24) is 0 Å². The molecule has 7 nitrogen and oxygen atoms in total. The highest BCUT2D eigenvalue weighted by molar-refractivity contribution is 7.80. The van der Waals surface area contributed by atoms with Crippen molar-refractivity contribution in [2.45, 2.75) is 24.8 Å². The summed E-state index contributed by atoms with van der Waals surface area (Å²) in [6.07, 6.45) is 3.84. The van der Waals surface area contributed by atoms with Gasteiger partial charge in [-0.25, -0.2) is 4.57 Å². The first-order chi connectivity index (χ1) is 9.14. The summed E-state index contributed by atoms with van der Waals surface area (Å²) in [6.45, 7) is 0.674. The summed E-state index contributed by atoms with van der Waals surface area (Å²) < 4.78 is 24.2. The molecule has 0 amide bonds. The second kappa shape index (κ2) is 7.18. The summed E-state index contributed by atoms with van der Waals surface area (Å²) in [5.41, 5.74) is 0.461. The Hall–Kier alpha value is -0.200. The predicted octanol–water partition coefficient (Wildman–Crippen LogP) is 0.518. The number of hydrogen-bond acceptors (Lipinski definition) is 3. The summed E-state index contributed by atoms with van der Waals surface area (Å²) in [6, 6.07) is 3.25. The van der Waals surface area contributed by atoms with Crippen molar-refractivity contribution in [3.63, 3.8) is 0 Å². The zero-order valence-electron chi connectivity index (χ0n) is 10.6. The first kappa shape index (κ1) is 17.9. The Kier molecular flexibility index (Phi) is 6.41. The SMILES string of the molecule is O=P(O)(O)C(Cc1ccc[n+](CCCS)c1)P(=O)(O)O. The van der Waals surface area contributed by atoms with Crippen LogP contribution in [0.15, 0.2) is 24.5 Å². The van der Waals surface area contributed by atoms with Gasteiger partial charge >= 0.3 is 15.2 Å². The van der Waals surface area contributed by atoms with Crippen LogP contribution in [0.25, 0.3) is 0 Å². The zero-order valence-corrected chi connectivity index (χ0v) is 13.3. The molecule has 0 unspecified atom stereocenters. The van der Waals surface area contributed by atoms with E-state index in [1.54, 1.807) is 29.1 Å². The molecule has 0 saturated heterocycles. The molecule has 0 aliphatic rings. The third-order valence-corrected chi connectivity index (χ3v) is 6.73. The van der Waals surface area contributed by atoms with Gasteiger partial charge in [-0.3, -0.25) is 9.13 Å². The third kappa shape index (κ3) is 5.66. The first-order valence-electron chi connectivity index (χ1n) is 5.84. The van der Waals surface area contributed by atoms with E-state index in [0.29, 0.717) is 17.9 Å². The first-order valence-corrected chi connectivity index (χ1v) is 9.83. The number of thiol groups is 1. The molecule has 1 aromatic heterocycles. The molecule has 0 fully saturated rings. The molecule has 0 atom stereocenters. The Bertz CT molecular complexity index is 520. The van der Waals surface area contributed by atoms with Crippen LogP contribution in [-0.2, 0) is 22.1 Å². The standard InChI is InChI=1S/C10H17NO6P2S/c12-18(13,14)10(19(15,16)17)7-9-3-1-4-11(8-9)5-2-6-20/h1,3-4,8,10H,2,5-7H2,(H4-,12,13,14,15,16,17,20)/p+1. The van der Waals surface area contributed by atoms with Gasteiger partial charge in [-0.2, -0.15) is 12.6 Å². The molecule has 10 heteroatoms. The van der Waals surface area contributed by atoms with E-state index in [1.807, 2.05) is 0 Å². The highest BCUT2D eigenvalue weighted by Crippen LogP contribution is 2.60. The molecule has 0 bridgehead atoms. The molecule has 0 aromatic carbocycles. The number of pyridine rings is 1. The number of nitrogens with zero attached hydrogens (tertiary/aromatic N) is 1. The lowest BCUT2D eigenvalue weighted by molar-refractivity contribution is -0.697. The summed E-state index contributed by atoms with van der Waals surface area (Å²) in [4.78, 5) is 36.3. The van der Waals surface area contributed by atoms with Crippen molar-refractivity contribution in [3.8, 4) is 0 Å². The van der Waals surface area contributed by atoms with Crippen molar-refractivity contribution in [2.24, 2.45) is 0 Å². The van der Waals surface area contributed by atoms with Gasteiger partial charge in [-0.15, -0.1) is 0 Å². The topological polar surface area (TPSA) is 119 Å². The van der Waals surface area contributed by atoms with E-state index in [0.717, 1.165) is 6.42 Å².